The van der Waals surface area contributed by atoms with Crippen molar-refractivity contribution in [3.8, 4) is 0 Å². The van der Waals surface area contributed by atoms with E-state index < -0.39 is 0 Å². The molecule has 0 aliphatic carbocycles. The van der Waals surface area contributed by atoms with Gasteiger partial charge in [0.2, 0.25) is 0 Å². The topological polar surface area (TPSA) is 0 Å². The molecule has 0 aliphatic rings. The summed E-state index contributed by atoms with van der Waals surface area (Å²) in [4.78, 5) is 0. The second-order valence-corrected chi connectivity index (χ2v) is 0.577. The van der Waals surface area contributed by atoms with Crippen LogP contribution < -0.4 is 18.9 Å². The predicted molar refractivity (Wildman–Crippen MR) is 23.6 cm³/mol. The van der Waals surface area contributed by atoms with Gasteiger partial charge in [-0.1, -0.05) is 0 Å². The third-order valence-corrected chi connectivity index (χ3v) is 0. The molecule has 0 bridgehead atoms. The van der Waals surface area contributed by atoms with Crippen LogP contribution in [0.15, 0.2) is 0 Å². The molecule has 0 atom stereocenters. The minimum Gasteiger partial charge on any atom is -1.00 e. The molecule has 0 unspecified atom stereocenters. The van der Waals surface area contributed by atoms with E-state index in [0.29, 0.717) is 0 Å². The van der Waals surface area contributed by atoms with Crippen LogP contribution in [0, 0.1) is 6.42 Å². The first-order valence-corrected chi connectivity index (χ1v) is 1.15. The molecule has 2 heteroatoms. The molecule has 24 valence electrons. The van der Waals surface area contributed by atoms with Crippen molar-refractivity contribution in [2.45, 2.75) is 13.8 Å². The molecule has 0 nitrogen and oxygen atoms in total. The van der Waals surface area contributed by atoms with Gasteiger partial charge in [0.15, 0.2) is 0 Å². The second kappa shape index (κ2) is 18.3. The molecule has 0 spiro atoms. The smallest absolute Gasteiger partial charge is 1.00 e. The molecule has 0 aromatic heterocycles. The molecule has 0 saturated carbocycles. The Hall–Kier alpha value is 1.36. The van der Waals surface area contributed by atoms with Crippen LogP contribution in [-0.2, 0) is 0 Å². The summed E-state index contributed by atoms with van der Waals surface area (Å²) in [7, 11) is 0. The van der Waals surface area contributed by atoms with E-state index in [1.165, 1.54) is 0 Å². The molecule has 0 heterocycles. The number of hydrogen-bond donors (Lipinski definition) is 0. The summed E-state index contributed by atoms with van der Waals surface area (Å²) in [6.45, 7) is 4.00. The third-order valence-electron chi connectivity index (χ3n) is 0. The van der Waals surface area contributed by atoms with E-state index in [0.717, 1.165) is 0 Å². The van der Waals surface area contributed by atoms with E-state index >= 15 is 0 Å². The van der Waals surface area contributed by atoms with Gasteiger partial charge in [0.25, 0.3) is 0 Å². The van der Waals surface area contributed by atoms with Crippen molar-refractivity contribution in [1.29, 1.82) is 0 Å². The first-order chi connectivity index (χ1) is 1.41. The van der Waals surface area contributed by atoms with Gasteiger partial charge in [0, 0.05) is 0 Å². The Morgan fingerprint density at radius 3 is 1.40 bits per heavy atom. The molecule has 0 fully saturated rings. The van der Waals surface area contributed by atoms with Gasteiger partial charge in [-0.25, -0.2) is 0 Å². The van der Waals surface area contributed by atoms with Crippen LogP contribution in [-0.4, -0.2) is 23.1 Å². The summed E-state index contributed by atoms with van der Waals surface area (Å²) in [6, 6.07) is 0. The van der Waals surface area contributed by atoms with Crippen LogP contribution in [0.5, 0.6) is 0 Å². The Kier molecular flexibility index (Phi) is 59.2. The molecular weight excluding hydrogens is 67.3 g/mol. The zero-order valence-electron chi connectivity index (χ0n) is 6.28. The van der Waals surface area contributed by atoms with Crippen LogP contribution in [0.4, 0.5) is 0 Å². The molecule has 0 saturated heterocycles. The fourth-order valence-electron chi connectivity index (χ4n) is 0. The Morgan fingerprint density at radius 2 is 1.40 bits per heavy atom. The standard InChI is InChI=1S/C3H7.Li.Mg.2H/c1-3-2;;;;/h3H,1-2H3;;;;/q-1;+1;+2;2*-1. The average molecular weight is 76.4 g/mol. The third kappa shape index (κ3) is 32.6. The SMILES string of the molecule is C[CH-]C.[H-].[H-].[Li+].[Mg+2]. The van der Waals surface area contributed by atoms with E-state index in [1.807, 2.05) is 20.3 Å². The van der Waals surface area contributed by atoms with Gasteiger partial charge < -0.3 is 9.27 Å². The van der Waals surface area contributed by atoms with Crippen molar-refractivity contribution in [3.05, 3.63) is 6.42 Å². The molecule has 0 aliphatic heterocycles. The zero-order valence-corrected chi connectivity index (χ0v) is 5.70. The maximum atomic E-state index is 2.00. The van der Waals surface area contributed by atoms with Crippen molar-refractivity contribution < 1.29 is 21.7 Å². The Morgan fingerprint density at radius 1 is 1.40 bits per heavy atom. The largest absolute Gasteiger partial charge is 2.00 e. The molecule has 0 radical (unpaired) electrons. The monoisotopic (exact) mass is 76.1 g/mol. The van der Waals surface area contributed by atoms with Crippen LogP contribution in [0.25, 0.3) is 0 Å². The van der Waals surface area contributed by atoms with Crippen molar-refractivity contribution in [2.75, 3.05) is 0 Å². The second-order valence-electron chi connectivity index (χ2n) is 0.577. The zero-order chi connectivity index (χ0) is 2.71. The predicted octanol–water partition coefficient (Wildman–Crippen LogP) is -1.92. The number of rotatable bonds is 0. The Labute approximate surface area is 65.0 Å². The molecule has 0 aromatic carbocycles. The first kappa shape index (κ1) is 16.2. The van der Waals surface area contributed by atoms with Gasteiger partial charge in [-0.05, 0) is 0 Å². The maximum Gasteiger partial charge on any atom is 2.00 e. The summed E-state index contributed by atoms with van der Waals surface area (Å²) in [5, 5.41) is 0. The van der Waals surface area contributed by atoms with Gasteiger partial charge in [-0.15, -0.1) is 0 Å². The van der Waals surface area contributed by atoms with E-state index in [2.05, 4.69) is 0 Å². The van der Waals surface area contributed by atoms with Crippen molar-refractivity contribution in [2.24, 2.45) is 0 Å². The van der Waals surface area contributed by atoms with E-state index in [-0.39, 0.29) is 44.8 Å². The van der Waals surface area contributed by atoms with Crippen molar-refractivity contribution >= 4 is 23.1 Å². The minimum atomic E-state index is 0. The minimum absolute atomic E-state index is 0. The van der Waals surface area contributed by atoms with Gasteiger partial charge in [-0.3, -0.25) is 0 Å². The van der Waals surface area contributed by atoms with Gasteiger partial charge in [-0.2, -0.15) is 13.8 Å². The van der Waals surface area contributed by atoms with E-state index in [4.69, 9.17) is 0 Å². The van der Waals surface area contributed by atoms with Crippen LogP contribution >= 0.6 is 0 Å². The Bertz CT molecular complexity index is 12.9. The molecule has 0 amide bonds. The summed E-state index contributed by atoms with van der Waals surface area (Å²) in [6.07, 6.45) is 2.00. The number of hydrogen-bond acceptors (Lipinski definition) is 0. The van der Waals surface area contributed by atoms with E-state index in [9.17, 15) is 0 Å². The molecular formula is C3H9LiMg. The van der Waals surface area contributed by atoms with Crippen molar-refractivity contribution in [1.82, 2.24) is 0 Å². The fraction of sp³-hybridized carbons (Fsp3) is 0.667. The molecule has 0 N–H and O–H groups in total. The maximum absolute atomic E-state index is 2.00. The fourth-order valence-corrected chi connectivity index (χ4v) is 0. The summed E-state index contributed by atoms with van der Waals surface area (Å²) >= 11 is 0. The quantitative estimate of drug-likeness (QED) is 0.233. The molecule has 0 aromatic rings. The van der Waals surface area contributed by atoms with Crippen LogP contribution in [0.2, 0.25) is 0 Å². The van der Waals surface area contributed by atoms with Crippen LogP contribution in [0.3, 0.4) is 0 Å². The average Bonchev–Trinajstić information content (AvgIpc) is 0.918. The normalized spacial score (nSPS) is 3.60. The summed E-state index contributed by atoms with van der Waals surface area (Å²) in [5.41, 5.74) is 0. The van der Waals surface area contributed by atoms with Crippen molar-refractivity contribution in [3.63, 3.8) is 0 Å². The van der Waals surface area contributed by atoms with Gasteiger partial charge in [0.1, 0.15) is 0 Å². The van der Waals surface area contributed by atoms with Gasteiger partial charge in [0.05, 0.1) is 0 Å². The summed E-state index contributed by atoms with van der Waals surface area (Å²) in [5.74, 6) is 0. The molecule has 5 heavy (non-hydrogen) atoms. The van der Waals surface area contributed by atoms with Gasteiger partial charge >= 0.3 is 41.9 Å². The molecule has 0 rings (SSSR count). The van der Waals surface area contributed by atoms with E-state index in [1.54, 1.807) is 0 Å². The Balaban J connectivity index is -0.00000000333. The van der Waals surface area contributed by atoms with Crippen LogP contribution in [0.1, 0.15) is 16.7 Å². The first-order valence-electron chi connectivity index (χ1n) is 1.15. The summed E-state index contributed by atoms with van der Waals surface area (Å²) < 4.78 is 0.